The van der Waals surface area contributed by atoms with Crippen molar-refractivity contribution in [2.45, 2.75) is 17.4 Å². The predicted molar refractivity (Wildman–Crippen MR) is 72.8 cm³/mol. The number of amides is 1. The summed E-state index contributed by atoms with van der Waals surface area (Å²) >= 11 is 4.16. The predicted octanol–water partition coefficient (Wildman–Crippen LogP) is 1.23. The minimum atomic E-state index is -2.97. The lowest BCUT2D eigenvalue weighted by atomic mass is 10.1. The lowest BCUT2D eigenvalue weighted by molar-refractivity contribution is 0.0747. The van der Waals surface area contributed by atoms with E-state index in [1.807, 2.05) is 0 Å². The Balaban J connectivity index is 2.12. The Morgan fingerprint density at radius 3 is 2.44 bits per heavy atom. The maximum atomic E-state index is 12.2. The zero-order valence-electron chi connectivity index (χ0n) is 10.0. The molecule has 1 unspecified atom stereocenters. The van der Waals surface area contributed by atoms with Crippen LogP contribution in [0.5, 0.6) is 0 Å². The molecule has 0 N–H and O–H groups in total. The summed E-state index contributed by atoms with van der Waals surface area (Å²) in [7, 11) is -1.31. The van der Waals surface area contributed by atoms with Crippen LogP contribution in [-0.2, 0) is 9.84 Å². The van der Waals surface area contributed by atoms with Crippen molar-refractivity contribution in [1.29, 1.82) is 0 Å². The number of hydrogen-bond acceptors (Lipinski definition) is 4. The number of thiol groups is 1. The first-order chi connectivity index (χ1) is 8.39. The van der Waals surface area contributed by atoms with Gasteiger partial charge in [0, 0.05) is 23.5 Å². The highest BCUT2D eigenvalue weighted by Gasteiger charge is 2.32. The van der Waals surface area contributed by atoms with Gasteiger partial charge in [0.1, 0.15) is 0 Å². The summed E-state index contributed by atoms with van der Waals surface area (Å²) in [6.07, 6.45) is 0.523. The average Bonchev–Trinajstić information content (AvgIpc) is 2.69. The first kappa shape index (κ1) is 13.4. The minimum absolute atomic E-state index is 0.0693. The molecule has 6 heteroatoms. The van der Waals surface area contributed by atoms with Crippen LogP contribution in [0.15, 0.2) is 29.2 Å². The Hall–Kier alpha value is -1.01. The molecule has 98 valence electrons. The van der Waals surface area contributed by atoms with E-state index in [0.717, 1.165) is 4.90 Å². The molecule has 1 aromatic rings. The smallest absolute Gasteiger partial charge is 0.253 e. The molecule has 1 atom stereocenters. The molecule has 0 bridgehead atoms. The third-order valence-electron chi connectivity index (χ3n) is 3.19. The third-order valence-corrected chi connectivity index (χ3v) is 5.24. The number of carbonyl (C=O) groups excluding carboxylic acids is 1. The van der Waals surface area contributed by atoms with Crippen LogP contribution in [0.25, 0.3) is 0 Å². The number of rotatable bonds is 2. The highest BCUT2D eigenvalue weighted by atomic mass is 32.2. The molecule has 0 saturated carbocycles. The van der Waals surface area contributed by atoms with Gasteiger partial charge in [-0.2, -0.15) is 0 Å². The van der Waals surface area contributed by atoms with Crippen LogP contribution in [0.1, 0.15) is 16.8 Å². The molecule has 1 saturated heterocycles. The number of nitrogens with zero attached hydrogens (tertiary/aromatic N) is 1. The second-order valence-electron chi connectivity index (χ2n) is 4.52. The van der Waals surface area contributed by atoms with Crippen molar-refractivity contribution in [3.8, 4) is 0 Å². The van der Waals surface area contributed by atoms with Crippen molar-refractivity contribution in [2.75, 3.05) is 18.6 Å². The van der Waals surface area contributed by atoms with Gasteiger partial charge >= 0.3 is 0 Å². The van der Waals surface area contributed by atoms with E-state index in [0.29, 0.717) is 12.0 Å². The van der Waals surface area contributed by atoms with E-state index in [2.05, 4.69) is 12.6 Å². The fraction of sp³-hybridized carbons (Fsp3) is 0.417. The molecule has 0 spiro atoms. The Kier molecular flexibility index (Phi) is 3.68. The summed E-state index contributed by atoms with van der Waals surface area (Å²) in [5, 5.41) is 0. The van der Waals surface area contributed by atoms with Crippen molar-refractivity contribution < 1.29 is 13.2 Å². The SMILES string of the molecule is CN(C(=O)c1ccc(S)cc1)C1CCS(=O)(=O)C1. The van der Waals surface area contributed by atoms with Crippen LogP contribution in [0.2, 0.25) is 0 Å². The Labute approximate surface area is 112 Å². The maximum absolute atomic E-state index is 12.2. The Bertz CT molecular complexity index is 551. The molecule has 0 radical (unpaired) electrons. The average molecular weight is 285 g/mol. The van der Waals surface area contributed by atoms with Gasteiger partial charge in [0.15, 0.2) is 9.84 Å². The van der Waals surface area contributed by atoms with Gasteiger partial charge in [-0.3, -0.25) is 4.79 Å². The number of benzene rings is 1. The summed E-state index contributed by atoms with van der Waals surface area (Å²) in [5.41, 5.74) is 0.555. The topological polar surface area (TPSA) is 54.5 Å². The molecule has 1 aromatic carbocycles. The number of hydrogen-bond donors (Lipinski definition) is 1. The molecule has 4 nitrogen and oxygen atoms in total. The Morgan fingerprint density at radius 2 is 1.94 bits per heavy atom. The lowest BCUT2D eigenvalue weighted by Crippen LogP contribution is -2.37. The highest BCUT2D eigenvalue weighted by Crippen LogP contribution is 2.19. The number of sulfone groups is 1. The van der Waals surface area contributed by atoms with Crippen LogP contribution >= 0.6 is 12.6 Å². The molecule has 1 heterocycles. The van der Waals surface area contributed by atoms with E-state index in [1.165, 1.54) is 4.90 Å². The fourth-order valence-electron chi connectivity index (χ4n) is 2.05. The molecule has 1 amide bonds. The van der Waals surface area contributed by atoms with Gasteiger partial charge in [0.2, 0.25) is 0 Å². The number of carbonyl (C=O) groups is 1. The zero-order valence-corrected chi connectivity index (χ0v) is 11.7. The van der Waals surface area contributed by atoms with E-state index in [4.69, 9.17) is 0 Å². The van der Waals surface area contributed by atoms with E-state index in [1.54, 1.807) is 31.3 Å². The molecular formula is C12H15NO3S2. The van der Waals surface area contributed by atoms with Crippen molar-refractivity contribution in [1.82, 2.24) is 4.90 Å². The third kappa shape index (κ3) is 2.87. The van der Waals surface area contributed by atoms with E-state index >= 15 is 0 Å². The van der Waals surface area contributed by atoms with Gasteiger partial charge in [-0.25, -0.2) is 8.42 Å². The van der Waals surface area contributed by atoms with Crippen molar-refractivity contribution >= 4 is 28.4 Å². The summed E-state index contributed by atoms with van der Waals surface area (Å²) < 4.78 is 22.8. The lowest BCUT2D eigenvalue weighted by Gasteiger charge is -2.23. The fourth-order valence-corrected chi connectivity index (χ4v) is 3.98. The summed E-state index contributed by atoms with van der Waals surface area (Å²) in [5.74, 6) is 0.0931. The zero-order chi connectivity index (χ0) is 13.3. The standard InChI is InChI=1S/C12H15NO3S2/c1-13(10-6-7-18(15,16)8-10)12(14)9-2-4-11(17)5-3-9/h2-5,10,17H,6-8H2,1H3. The molecular weight excluding hydrogens is 270 g/mol. The van der Waals surface area contributed by atoms with Crippen LogP contribution < -0.4 is 0 Å². The van der Waals surface area contributed by atoms with Crippen LogP contribution in [0, 0.1) is 0 Å². The van der Waals surface area contributed by atoms with Gasteiger partial charge in [-0.05, 0) is 30.7 Å². The van der Waals surface area contributed by atoms with Gasteiger partial charge in [0.05, 0.1) is 11.5 Å². The summed E-state index contributed by atoms with van der Waals surface area (Å²) in [6, 6.07) is 6.68. The monoisotopic (exact) mass is 285 g/mol. The second kappa shape index (κ2) is 4.93. The largest absolute Gasteiger partial charge is 0.338 e. The Morgan fingerprint density at radius 1 is 1.33 bits per heavy atom. The normalized spacial score (nSPS) is 21.8. The molecule has 2 rings (SSSR count). The molecule has 0 aliphatic carbocycles. The van der Waals surface area contributed by atoms with E-state index in [9.17, 15) is 13.2 Å². The van der Waals surface area contributed by atoms with E-state index < -0.39 is 9.84 Å². The van der Waals surface area contributed by atoms with Crippen LogP contribution in [0.3, 0.4) is 0 Å². The first-order valence-electron chi connectivity index (χ1n) is 5.66. The van der Waals surface area contributed by atoms with Crippen LogP contribution in [-0.4, -0.2) is 43.8 Å². The minimum Gasteiger partial charge on any atom is -0.338 e. The van der Waals surface area contributed by atoms with Gasteiger partial charge in [-0.15, -0.1) is 12.6 Å². The molecule has 1 aliphatic rings. The first-order valence-corrected chi connectivity index (χ1v) is 7.92. The quantitative estimate of drug-likeness (QED) is 0.832. The van der Waals surface area contributed by atoms with Gasteiger partial charge in [-0.1, -0.05) is 0 Å². The highest BCUT2D eigenvalue weighted by molar-refractivity contribution is 7.91. The van der Waals surface area contributed by atoms with Crippen molar-refractivity contribution in [2.24, 2.45) is 0 Å². The maximum Gasteiger partial charge on any atom is 0.253 e. The summed E-state index contributed by atoms with van der Waals surface area (Å²) in [4.78, 5) is 14.5. The second-order valence-corrected chi connectivity index (χ2v) is 7.26. The summed E-state index contributed by atoms with van der Waals surface area (Å²) in [6.45, 7) is 0. The molecule has 0 aromatic heterocycles. The molecule has 18 heavy (non-hydrogen) atoms. The molecule has 1 aliphatic heterocycles. The van der Waals surface area contributed by atoms with Gasteiger partial charge < -0.3 is 4.90 Å². The van der Waals surface area contributed by atoms with Crippen molar-refractivity contribution in [3.63, 3.8) is 0 Å². The van der Waals surface area contributed by atoms with Crippen LogP contribution in [0.4, 0.5) is 0 Å². The van der Waals surface area contributed by atoms with Crippen molar-refractivity contribution in [3.05, 3.63) is 29.8 Å². The van der Waals surface area contributed by atoms with Gasteiger partial charge in [0.25, 0.3) is 5.91 Å². The van der Waals surface area contributed by atoms with E-state index in [-0.39, 0.29) is 23.5 Å². The molecule has 1 fully saturated rings.